The minimum Gasteiger partial charge on any atom is -0.465 e. The van der Waals surface area contributed by atoms with Crippen LogP contribution in [0.2, 0.25) is 0 Å². The second-order valence-electron chi connectivity index (χ2n) is 5.22. The Morgan fingerprint density at radius 3 is 2.40 bits per heavy atom. The number of rotatable bonds is 3. The summed E-state index contributed by atoms with van der Waals surface area (Å²) in [6, 6.07) is 14.1. The van der Waals surface area contributed by atoms with Gasteiger partial charge in [0.1, 0.15) is 5.70 Å². The van der Waals surface area contributed by atoms with Crippen LogP contribution in [0.25, 0.3) is 6.08 Å². The molecular weight excluding hydrogens is 404 g/mol. The molecule has 25 heavy (non-hydrogen) atoms. The Bertz CT molecular complexity index is 876. The largest absolute Gasteiger partial charge is 0.465 e. The van der Waals surface area contributed by atoms with Gasteiger partial charge in [-0.3, -0.25) is 9.69 Å². The molecule has 2 aromatic carbocycles. The van der Waals surface area contributed by atoms with Crippen molar-refractivity contribution in [2.24, 2.45) is 0 Å². The fourth-order valence-electron chi connectivity index (χ4n) is 2.36. The van der Waals surface area contributed by atoms with Gasteiger partial charge in [-0.05, 0) is 60.3 Å². The molecule has 126 valence electrons. The van der Waals surface area contributed by atoms with E-state index in [1.54, 1.807) is 30.3 Å². The number of benzene rings is 2. The van der Waals surface area contributed by atoms with Gasteiger partial charge in [-0.25, -0.2) is 4.79 Å². The van der Waals surface area contributed by atoms with E-state index < -0.39 is 5.97 Å². The third-order valence-electron chi connectivity index (χ3n) is 3.61. The van der Waals surface area contributed by atoms with E-state index >= 15 is 0 Å². The second kappa shape index (κ2) is 7.16. The Kier molecular flexibility index (Phi) is 4.96. The predicted molar refractivity (Wildman–Crippen MR) is 103 cm³/mol. The Hall–Kier alpha value is -2.51. The summed E-state index contributed by atoms with van der Waals surface area (Å²) in [7, 11) is 1.33. The SMILES string of the molecule is COC(=O)c1ccc(/C=C2/NC(=S)N(c3ccc(Br)cc3)C2=O)cc1. The molecule has 7 heteroatoms. The average Bonchev–Trinajstić information content (AvgIpc) is 2.89. The van der Waals surface area contributed by atoms with Gasteiger partial charge in [-0.2, -0.15) is 0 Å². The molecule has 0 radical (unpaired) electrons. The number of ether oxygens (including phenoxy) is 1. The lowest BCUT2D eigenvalue weighted by Gasteiger charge is -2.13. The molecule has 0 aromatic heterocycles. The van der Waals surface area contributed by atoms with Gasteiger partial charge in [0.2, 0.25) is 0 Å². The molecule has 0 atom stereocenters. The summed E-state index contributed by atoms with van der Waals surface area (Å²) in [4.78, 5) is 25.5. The molecule has 5 nitrogen and oxygen atoms in total. The zero-order valence-corrected chi connectivity index (χ0v) is 15.6. The molecule has 1 aliphatic rings. The van der Waals surface area contributed by atoms with Crippen molar-refractivity contribution in [3.8, 4) is 0 Å². The number of amides is 1. The summed E-state index contributed by atoms with van der Waals surface area (Å²) in [6.07, 6.45) is 1.69. The molecule has 1 N–H and O–H groups in total. The molecule has 1 aliphatic heterocycles. The van der Waals surface area contributed by atoms with Crippen molar-refractivity contribution in [1.29, 1.82) is 0 Å². The van der Waals surface area contributed by atoms with E-state index in [9.17, 15) is 9.59 Å². The van der Waals surface area contributed by atoms with Crippen molar-refractivity contribution in [2.45, 2.75) is 0 Å². The van der Waals surface area contributed by atoms with Crippen LogP contribution < -0.4 is 10.2 Å². The smallest absolute Gasteiger partial charge is 0.337 e. The number of esters is 1. The number of hydrogen-bond donors (Lipinski definition) is 1. The van der Waals surface area contributed by atoms with Crippen molar-refractivity contribution in [3.05, 3.63) is 69.8 Å². The third kappa shape index (κ3) is 3.62. The van der Waals surface area contributed by atoms with E-state index in [1.807, 2.05) is 24.3 Å². The lowest BCUT2D eigenvalue weighted by molar-refractivity contribution is -0.113. The lowest BCUT2D eigenvalue weighted by Crippen LogP contribution is -2.30. The maximum absolute atomic E-state index is 12.6. The van der Waals surface area contributed by atoms with E-state index in [1.165, 1.54) is 12.0 Å². The number of hydrogen-bond acceptors (Lipinski definition) is 4. The molecule has 0 aliphatic carbocycles. The number of carbonyl (C=O) groups excluding carboxylic acids is 2. The fraction of sp³-hybridized carbons (Fsp3) is 0.0556. The van der Waals surface area contributed by atoms with Crippen LogP contribution in [-0.4, -0.2) is 24.1 Å². The van der Waals surface area contributed by atoms with Crippen LogP contribution in [0.3, 0.4) is 0 Å². The number of halogens is 1. The maximum atomic E-state index is 12.6. The number of nitrogens with one attached hydrogen (secondary N) is 1. The molecule has 2 aromatic rings. The van der Waals surface area contributed by atoms with Crippen molar-refractivity contribution in [1.82, 2.24) is 5.32 Å². The number of anilines is 1. The first-order valence-electron chi connectivity index (χ1n) is 7.30. The van der Waals surface area contributed by atoms with E-state index in [2.05, 4.69) is 26.0 Å². The van der Waals surface area contributed by atoms with E-state index in [-0.39, 0.29) is 5.91 Å². The second-order valence-corrected chi connectivity index (χ2v) is 6.52. The molecule has 1 amide bonds. The number of methoxy groups -OCH3 is 1. The Morgan fingerprint density at radius 2 is 1.80 bits per heavy atom. The fourth-order valence-corrected chi connectivity index (χ4v) is 2.92. The van der Waals surface area contributed by atoms with Crippen LogP contribution in [0.1, 0.15) is 15.9 Å². The van der Waals surface area contributed by atoms with Crippen molar-refractivity contribution in [2.75, 3.05) is 12.0 Å². The van der Waals surface area contributed by atoms with Crippen molar-refractivity contribution >= 4 is 56.9 Å². The summed E-state index contributed by atoms with van der Waals surface area (Å²) in [5, 5.41) is 3.25. The molecule has 1 saturated heterocycles. The molecular formula is C18H13BrN2O3S. The molecule has 0 spiro atoms. The molecule has 0 bridgehead atoms. The molecule has 0 unspecified atom stereocenters. The maximum Gasteiger partial charge on any atom is 0.337 e. The summed E-state index contributed by atoms with van der Waals surface area (Å²) in [5.41, 5.74) is 2.28. The highest BCUT2D eigenvalue weighted by Crippen LogP contribution is 2.24. The van der Waals surface area contributed by atoms with E-state index in [0.29, 0.717) is 22.1 Å². The average molecular weight is 417 g/mol. The zero-order chi connectivity index (χ0) is 18.0. The van der Waals surface area contributed by atoms with Gasteiger partial charge < -0.3 is 10.1 Å². The highest BCUT2D eigenvalue weighted by molar-refractivity contribution is 9.10. The van der Waals surface area contributed by atoms with Gasteiger partial charge in [0.25, 0.3) is 5.91 Å². The monoisotopic (exact) mass is 416 g/mol. The minimum atomic E-state index is -0.406. The first-order valence-corrected chi connectivity index (χ1v) is 8.51. The normalized spacial score (nSPS) is 15.4. The minimum absolute atomic E-state index is 0.232. The van der Waals surface area contributed by atoms with Gasteiger partial charge in [0.15, 0.2) is 5.11 Å². The molecule has 3 rings (SSSR count). The molecule has 1 fully saturated rings. The van der Waals surface area contributed by atoms with Crippen molar-refractivity contribution in [3.63, 3.8) is 0 Å². The third-order valence-corrected chi connectivity index (χ3v) is 4.42. The Balaban J connectivity index is 1.85. The highest BCUT2D eigenvalue weighted by Gasteiger charge is 2.31. The van der Waals surface area contributed by atoms with Crippen LogP contribution in [0.15, 0.2) is 58.7 Å². The quantitative estimate of drug-likeness (QED) is 0.471. The first-order chi connectivity index (χ1) is 12.0. The van der Waals surface area contributed by atoms with Crippen LogP contribution in [0, 0.1) is 0 Å². The summed E-state index contributed by atoms with van der Waals surface area (Å²) in [6.45, 7) is 0. The standard InChI is InChI=1S/C18H13BrN2O3S/c1-24-17(23)12-4-2-11(3-5-12)10-15-16(22)21(18(25)20-15)14-8-6-13(19)7-9-14/h2-10H,1H3,(H,20,25)/b15-10+. The van der Waals surface area contributed by atoms with E-state index in [0.717, 1.165) is 10.0 Å². The number of carbonyl (C=O) groups is 2. The summed E-state index contributed by atoms with van der Waals surface area (Å²) < 4.78 is 5.58. The van der Waals surface area contributed by atoms with E-state index in [4.69, 9.17) is 12.2 Å². The van der Waals surface area contributed by atoms with Gasteiger partial charge in [0, 0.05) is 4.47 Å². The van der Waals surface area contributed by atoms with Gasteiger partial charge in [-0.1, -0.05) is 28.1 Å². The van der Waals surface area contributed by atoms with Crippen LogP contribution in [-0.2, 0) is 9.53 Å². The zero-order valence-electron chi connectivity index (χ0n) is 13.2. The van der Waals surface area contributed by atoms with Crippen LogP contribution in [0.4, 0.5) is 5.69 Å². The van der Waals surface area contributed by atoms with Gasteiger partial charge in [-0.15, -0.1) is 0 Å². The van der Waals surface area contributed by atoms with Gasteiger partial charge >= 0.3 is 5.97 Å². The Labute approximate surface area is 158 Å². The van der Waals surface area contributed by atoms with Gasteiger partial charge in [0.05, 0.1) is 18.4 Å². The Morgan fingerprint density at radius 1 is 1.16 bits per heavy atom. The lowest BCUT2D eigenvalue weighted by atomic mass is 10.1. The topological polar surface area (TPSA) is 58.6 Å². The highest BCUT2D eigenvalue weighted by atomic mass is 79.9. The van der Waals surface area contributed by atoms with Crippen molar-refractivity contribution < 1.29 is 14.3 Å². The van der Waals surface area contributed by atoms with Crippen LogP contribution >= 0.6 is 28.1 Å². The number of nitrogens with zero attached hydrogens (tertiary/aromatic N) is 1. The predicted octanol–water partition coefficient (Wildman–Crippen LogP) is 3.50. The first kappa shape index (κ1) is 17.3. The molecule has 1 heterocycles. The summed E-state index contributed by atoms with van der Waals surface area (Å²) in [5.74, 6) is -0.638. The molecule has 0 saturated carbocycles. The van der Waals surface area contributed by atoms with Crippen LogP contribution in [0.5, 0.6) is 0 Å². The number of thiocarbonyl (C=S) groups is 1. The summed E-state index contributed by atoms with van der Waals surface area (Å²) >= 11 is 8.64.